The van der Waals surface area contributed by atoms with Gasteiger partial charge in [0.05, 0.1) is 13.2 Å². The minimum atomic E-state index is -5.02. The van der Waals surface area contributed by atoms with E-state index in [1.54, 1.807) is 0 Å². The Morgan fingerprint density at radius 3 is 0.852 bits per heavy atom. The molecule has 1 saturated carbocycles. The zero-order valence-corrected chi connectivity index (χ0v) is 54.0. The van der Waals surface area contributed by atoms with Gasteiger partial charge in [-0.1, -0.05) is 348 Å². The average Bonchev–Trinajstić information content (AvgIpc) is 3.48. The number of phosphoric acid groups is 1. The topological polar surface area (TPSA) is 192 Å². The second-order valence-corrected chi connectivity index (χ2v) is 26.5. The minimum Gasteiger partial charge on any atom is -0.457 e. The van der Waals surface area contributed by atoms with Crippen molar-refractivity contribution in [3.05, 3.63) is 0 Å². The summed E-state index contributed by atoms with van der Waals surface area (Å²) in [7, 11) is -5.02. The Morgan fingerprint density at radius 1 is 0.346 bits per heavy atom. The van der Waals surface area contributed by atoms with Crippen molar-refractivity contribution in [3.8, 4) is 0 Å². The van der Waals surface area contributed by atoms with Crippen molar-refractivity contribution >= 4 is 13.8 Å². The van der Waals surface area contributed by atoms with Gasteiger partial charge in [0.25, 0.3) is 0 Å². The van der Waals surface area contributed by atoms with E-state index in [0.717, 1.165) is 38.5 Å². The van der Waals surface area contributed by atoms with E-state index in [1.165, 1.54) is 302 Å². The lowest BCUT2D eigenvalue weighted by Crippen LogP contribution is -2.64. The molecule has 0 saturated heterocycles. The number of unbranched alkanes of at least 4 members (excludes halogenated alkanes) is 52. The van der Waals surface area contributed by atoms with Crippen molar-refractivity contribution in [2.45, 2.75) is 410 Å². The monoisotopic (exact) mass is 1170 g/mol. The summed E-state index contributed by atoms with van der Waals surface area (Å²) >= 11 is 0. The van der Waals surface area contributed by atoms with Crippen molar-refractivity contribution in [1.82, 2.24) is 0 Å². The molecule has 484 valence electrons. The van der Waals surface area contributed by atoms with Gasteiger partial charge in [-0.05, 0) is 12.8 Å². The number of aliphatic hydroxyl groups excluding tert-OH is 5. The van der Waals surface area contributed by atoms with Crippen LogP contribution in [0.5, 0.6) is 0 Å². The van der Waals surface area contributed by atoms with E-state index in [0.29, 0.717) is 13.0 Å². The smallest absolute Gasteiger partial charge is 0.457 e. The molecule has 1 aliphatic rings. The highest BCUT2D eigenvalue weighted by atomic mass is 31.2. The van der Waals surface area contributed by atoms with Crippen molar-refractivity contribution in [2.24, 2.45) is 0 Å². The van der Waals surface area contributed by atoms with E-state index < -0.39 is 63.1 Å². The fourth-order valence-electron chi connectivity index (χ4n) is 11.7. The Kier molecular flexibility index (Phi) is 56.5. The Hall–Kier alpha value is -0.660. The lowest BCUT2D eigenvalue weighted by atomic mass is 9.85. The standard InChI is InChI=1S/C68H135O12P/c1-3-5-7-9-11-13-15-17-19-21-23-24-25-26-27-28-29-30-31-32-33-34-35-36-37-38-39-40-41-43-45-47-49-51-53-55-57-62(69)79-61(60-78-81(75,76)80-68-66(73)64(71)63(70)65(72)67(68)74)59-77-58-56-54-52-50-48-46-44-42-22-20-18-16-14-12-10-8-6-4-2/h61,63-68,70-74H,3-60H2,1-2H3,(H,75,76)/t61-,63?,64-,65?,66?,67?,68?/m1/s1. The predicted octanol–water partition coefficient (Wildman–Crippen LogP) is 18.7. The maximum absolute atomic E-state index is 12.9. The van der Waals surface area contributed by atoms with Gasteiger partial charge >= 0.3 is 13.8 Å². The summed E-state index contributed by atoms with van der Waals surface area (Å²) < 4.78 is 34.5. The van der Waals surface area contributed by atoms with Gasteiger partial charge in [-0.25, -0.2) is 4.57 Å². The summed E-state index contributed by atoms with van der Waals surface area (Å²) in [5.74, 6) is -0.464. The summed E-state index contributed by atoms with van der Waals surface area (Å²) in [6.07, 6.45) is 59.4. The first-order chi connectivity index (χ1) is 39.5. The molecule has 0 heterocycles. The third-order valence-electron chi connectivity index (χ3n) is 17.2. The van der Waals surface area contributed by atoms with Gasteiger partial charge in [0.15, 0.2) is 0 Å². The second kappa shape index (κ2) is 58.4. The fraction of sp³-hybridized carbons (Fsp3) is 0.985. The molecule has 1 aliphatic carbocycles. The molecule has 0 aliphatic heterocycles. The Bertz CT molecular complexity index is 1340. The normalized spacial score (nSPS) is 19.6. The molecule has 0 aromatic heterocycles. The zero-order valence-electron chi connectivity index (χ0n) is 53.1. The summed E-state index contributed by atoms with van der Waals surface area (Å²) in [5.41, 5.74) is 0. The molecule has 1 rings (SSSR count). The SMILES string of the molecule is CCCCCCCCCCCCCCCCCCCCCCCCCCCCCCCCCCCCCCC(=O)O[C@H](COCCCCCCCCCCCCCCCCCCCC)COP(=O)(O)OC1C(O)C(O)C(O)[C@@H](O)C1O. The van der Waals surface area contributed by atoms with Crippen LogP contribution in [0.4, 0.5) is 0 Å². The van der Waals surface area contributed by atoms with Crippen LogP contribution in [0.25, 0.3) is 0 Å². The van der Waals surface area contributed by atoms with Crippen LogP contribution in [0.15, 0.2) is 0 Å². The van der Waals surface area contributed by atoms with Crippen molar-refractivity contribution in [1.29, 1.82) is 0 Å². The number of phosphoric ester groups is 1. The van der Waals surface area contributed by atoms with Crippen LogP contribution in [0, 0.1) is 0 Å². The highest BCUT2D eigenvalue weighted by Crippen LogP contribution is 2.47. The molecule has 0 aromatic carbocycles. The van der Waals surface area contributed by atoms with E-state index in [-0.39, 0.29) is 13.0 Å². The first-order valence-corrected chi connectivity index (χ1v) is 36.9. The zero-order chi connectivity index (χ0) is 59.0. The van der Waals surface area contributed by atoms with Gasteiger partial charge in [-0.15, -0.1) is 0 Å². The number of esters is 1. The van der Waals surface area contributed by atoms with Crippen molar-refractivity contribution in [3.63, 3.8) is 0 Å². The van der Waals surface area contributed by atoms with Gasteiger partial charge in [-0.3, -0.25) is 13.8 Å². The Morgan fingerprint density at radius 2 is 0.580 bits per heavy atom. The molecule has 0 amide bonds. The van der Waals surface area contributed by atoms with Gasteiger partial charge in [0.2, 0.25) is 0 Å². The summed E-state index contributed by atoms with van der Waals surface area (Å²) in [5, 5.41) is 50.6. The van der Waals surface area contributed by atoms with Crippen LogP contribution in [0.2, 0.25) is 0 Å². The average molecular weight is 1180 g/mol. The van der Waals surface area contributed by atoms with E-state index in [2.05, 4.69) is 13.8 Å². The number of ether oxygens (including phenoxy) is 2. The van der Waals surface area contributed by atoms with Gasteiger partial charge in [-0.2, -0.15) is 0 Å². The molecule has 0 aromatic rings. The van der Waals surface area contributed by atoms with E-state index in [9.17, 15) is 39.8 Å². The Labute approximate surface area is 499 Å². The molecular weight excluding hydrogens is 1040 g/mol. The predicted molar refractivity (Wildman–Crippen MR) is 337 cm³/mol. The first kappa shape index (κ1) is 78.4. The maximum atomic E-state index is 12.9. The summed E-state index contributed by atoms with van der Waals surface area (Å²) in [6, 6.07) is 0. The van der Waals surface area contributed by atoms with Crippen LogP contribution >= 0.6 is 7.82 Å². The highest BCUT2D eigenvalue weighted by molar-refractivity contribution is 7.47. The van der Waals surface area contributed by atoms with Crippen LogP contribution < -0.4 is 0 Å². The van der Waals surface area contributed by atoms with Crippen LogP contribution in [-0.4, -0.2) is 98.9 Å². The number of rotatable bonds is 64. The molecule has 6 N–H and O–H groups in total. The third kappa shape index (κ3) is 49.1. The van der Waals surface area contributed by atoms with Gasteiger partial charge < -0.3 is 39.9 Å². The Balaban J connectivity index is 2.10. The summed E-state index contributed by atoms with van der Waals surface area (Å²) in [4.78, 5) is 23.4. The third-order valence-corrected chi connectivity index (χ3v) is 18.2. The molecule has 1 fully saturated rings. The van der Waals surface area contributed by atoms with Crippen molar-refractivity contribution < 1.29 is 58.3 Å². The van der Waals surface area contributed by atoms with Gasteiger partial charge in [0.1, 0.15) is 42.7 Å². The summed E-state index contributed by atoms with van der Waals surface area (Å²) in [6.45, 7) is 4.36. The molecule has 0 spiro atoms. The molecule has 12 nitrogen and oxygen atoms in total. The molecule has 0 bridgehead atoms. The largest absolute Gasteiger partial charge is 0.472 e. The highest BCUT2D eigenvalue weighted by Gasteiger charge is 2.51. The quantitative estimate of drug-likeness (QED) is 0.0192. The van der Waals surface area contributed by atoms with Crippen molar-refractivity contribution in [2.75, 3.05) is 19.8 Å². The fourth-order valence-corrected chi connectivity index (χ4v) is 12.7. The second-order valence-electron chi connectivity index (χ2n) is 25.1. The first-order valence-electron chi connectivity index (χ1n) is 35.4. The maximum Gasteiger partial charge on any atom is 0.472 e. The van der Waals surface area contributed by atoms with Crippen LogP contribution in [-0.2, 0) is 27.9 Å². The lowest BCUT2D eigenvalue weighted by molar-refractivity contribution is -0.220. The molecule has 13 heteroatoms. The lowest BCUT2D eigenvalue weighted by Gasteiger charge is -2.41. The number of carbonyl (C=O) groups excluding carboxylic acids is 1. The number of aliphatic hydroxyl groups is 5. The minimum absolute atomic E-state index is 0.0668. The van der Waals surface area contributed by atoms with E-state index >= 15 is 0 Å². The molecule has 81 heavy (non-hydrogen) atoms. The molecule has 6 unspecified atom stereocenters. The number of hydrogen-bond acceptors (Lipinski definition) is 11. The molecule has 0 radical (unpaired) electrons. The number of hydrogen-bond donors (Lipinski definition) is 6. The van der Waals surface area contributed by atoms with Gasteiger partial charge in [0, 0.05) is 13.0 Å². The van der Waals surface area contributed by atoms with E-state index in [1.807, 2.05) is 0 Å². The molecular formula is C68H135O12P. The number of carbonyl (C=O) groups is 1. The van der Waals surface area contributed by atoms with Crippen LogP contribution in [0.3, 0.4) is 0 Å². The molecule has 8 atom stereocenters. The van der Waals surface area contributed by atoms with Crippen LogP contribution in [0.1, 0.15) is 367 Å². The van der Waals surface area contributed by atoms with E-state index in [4.69, 9.17) is 18.5 Å².